The molecule has 0 spiro atoms. The molecule has 1 atom stereocenters. The third-order valence-corrected chi connectivity index (χ3v) is 5.64. The van der Waals surface area contributed by atoms with Gasteiger partial charge in [0.15, 0.2) is 0 Å². The summed E-state index contributed by atoms with van der Waals surface area (Å²) in [4.78, 5) is 18.7. The Morgan fingerprint density at radius 3 is 2.84 bits per heavy atom. The molecule has 0 N–H and O–H groups in total. The lowest BCUT2D eigenvalue weighted by Gasteiger charge is -2.25. The molecular formula is C19H23N5S. The average Bonchev–Trinajstić information content (AvgIpc) is 3.20. The van der Waals surface area contributed by atoms with E-state index in [2.05, 4.69) is 59.2 Å². The van der Waals surface area contributed by atoms with Crippen molar-refractivity contribution in [2.24, 2.45) is 0 Å². The van der Waals surface area contributed by atoms with Crippen LogP contribution in [-0.4, -0.2) is 40.5 Å². The third-order valence-electron chi connectivity index (χ3n) is 4.50. The SMILES string of the molecule is Cc1nc(CN(C)C)cc(N2CCCC2c2nc3ccccc3s2)n1. The van der Waals surface area contributed by atoms with Crippen molar-refractivity contribution in [2.45, 2.75) is 32.4 Å². The highest BCUT2D eigenvalue weighted by molar-refractivity contribution is 7.18. The van der Waals surface area contributed by atoms with Crippen LogP contribution in [0.5, 0.6) is 0 Å². The molecule has 1 aliphatic rings. The Balaban J connectivity index is 1.68. The molecule has 0 radical (unpaired) electrons. The quantitative estimate of drug-likeness (QED) is 0.714. The first kappa shape index (κ1) is 16.4. The Kier molecular flexibility index (Phi) is 4.39. The lowest BCUT2D eigenvalue weighted by molar-refractivity contribution is 0.396. The molecule has 1 saturated heterocycles. The number of aromatic nitrogens is 3. The van der Waals surface area contributed by atoms with Gasteiger partial charge >= 0.3 is 0 Å². The van der Waals surface area contributed by atoms with Crippen molar-refractivity contribution in [1.82, 2.24) is 19.9 Å². The van der Waals surface area contributed by atoms with E-state index in [4.69, 9.17) is 9.97 Å². The number of hydrogen-bond acceptors (Lipinski definition) is 6. The summed E-state index contributed by atoms with van der Waals surface area (Å²) in [5.74, 6) is 1.87. The average molecular weight is 353 g/mol. The van der Waals surface area contributed by atoms with Crippen LogP contribution < -0.4 is 4.90 Å². The Morgan fingerprint density at radius 2 is 2.04 bits per heavy atom. The van der Waals surface area contributed by atoms with Crippen LogP contribution in [0.1, 0.15) is 35.4 Å². The summed E-state index contributed by atoms with van der Waals surface area (Å²) in [5, 5.41) is 1.20. The fourth-order valence-electron chi connectivity index (χ4n) is 3.49. The molecule has 0 amide bonds. The molecule has 25 heavy (non-hydrogen) atoms. The minimum atomic E-state index is 0.318. The summed E-state index contributed by atoms with van der Waals surface area (Å²) in [6.07, 6.45) is 2.30. The maximum absolute atomic E-state index is 4.89. The second-order valence-electron chi connectivity index (χ2n) is 6.87. The van der Waals surface area contributed by atoms with Crippen LogP contribution in [0.4, 0.5) is 5.82 Å². The van der Waals surface area contributed by atoms with Crippen molar-refractivity contribution in [3.63, 3.8) is 0 Å². The highest BCUT2D eigenvalue weighted by Gasteiger charge is 2.30. The van der Waals surface area contributed by atoms with Crippen molar-refractivity contribution in [3.05, 3.63) is 46.9 Å². The van der Waals surface area contributed by atoms with E-state index in [0.29, 0.717) is 6.04 Å². The second-order valence-corrected chi connectivity index (χ2v) is 7.94. The van der Waals surface area contributed by atoms with Crippen LogP contribution in [0.25, 0.3) is 10.2 Å². The predicted molar refractivity (Wildman–Crippen MR) is 103 cm³/mol. The molecule has 0 saturated carbocycles. The summed E-state index contributed by atoms with van der Waals surface area (Å²) in [6.45, 7) is 3.83. The molecule has 5 nitrogen and oxygen atoms in total. The number of hydrogen-bond donors (Lipinski definition) is 0. The number of aryl methyl sites for hydroxylation is 1. The van der Waals surface area contributed by atoms with Gasteiger partial charge < -0.3 is 9.80 Å². The molecule has 1 fully saturated rings. The summed E-state index contributed by atoms with van der Waals surface area (Å²) < 4.78 is 1.26. The van der Waals surface area contributed by atoms with Gasteiger partial charge in [-0.25, -0.2) is 15.0 Å². The maximum Gasteiger partial charge on any atom is 0.133 e. The number of nitrogens with zero attached hydrogens (tertiary/aromatic N) is 5. The molecule has 3 aromatic rings. The first-order chi connectivity index (χ1) is 12.1. The van der Waals surface area contributed by atoms with Gasteiger partial charge in [0.2, 0.25) is 0 Å². The molecule has 1 aliphatic heterocycles. The maximum atomic E-state index is 4.89. The number of anilines is 1. The van der Waals surface area contributed by atoms with Gasteiger partial charge in [0.05, 0.1) is 22.0 Å². The van der Waals surface area contributed by atoms with Crippen LogP contribution in [0.2, 0.25) is 0 Å². The number of rotatable bonds is 4. The van der Waals surface area contributed by atoms with Crippen LogP contribution in [-0.2, 0) is 6.54 Å². The summed E-state index contributed by atoms with van der Waals surface area (Å²) in [5.41, 5.74) is 2.17. The van der Waals surface area contributed by atoms with Crippen LogP contribution >= 0.6 is 11.3 Å². The van der Waals surface area contributed by atoms with Crippen LogP contribution in [0, 0.1) is 6.92 Å². The molecule has 0 aliphatic carbocycles. The Morgan fingerprint density at radius 1 is 1.20 bits per heavy atom. The molecule has 1 unspecified atom stereocenters. The molecule has 6 heteroatoms. The van der Waals surface area contributed by atoms with E-state index < -0.39 is 0 Å². The largest absolute Gasteiger partial charge is 0.347 e. The fourth-order valence-corrected chi connectivity index (χ4v) is 4.61. The van der Waals surface area contributed by atoms with Crippen LogP contribution in [0.3, 0.4) is 0 Å². The number of thiazole rings is 1. The van der Waals surface area contributed by atoms with E-state index in [1.165, 1.54) is 16.1 Å². The molecule has 1 aromatic carbocycles. The topological polar surface area (TPSA) is 45.2 Å². The fraction of sp³-hybridized carbons (Fsp3) is 0.421. The Hall–Kier alpha value is -2.05. The van der Waals surface area contributed by atoms with Gasteiger partial charge in [0.1, 0.15) is 16.6 Å². The predicted octanol–water partition coefficient (Wildman–Crippen LogP) is 3.80. The highest BCUT2D eigenvalue weighted by Crippen LogP contribution is 2.38. The van der Waals surface area contributed by atoms with Crippen molar-refractivity contribution in [3.8, 4) is 0 Å². The molecule has 2 aromatic heterocycles. The van der Waals surface area contributed by atoms with Gasteiger partial charge in [-0.15, -0.1) is 11.3 Å². The molecule has 3 heterocycles. The zero-order valence-corrected chi connectivity index (χ0v) is 15.8. The minimum absolute atomic E-state index is 0.318. The van der Waals surface area contributed by atoms with E-state index in [9.17, 15) is 0 Å². The van der Waals surface area contributed by atoms with E-state index in [1.54, 1.807) is 0 Å². The van der Waals surface area contributed by atoms with Gasteiger partial charge in [0.25, 0.3) is 0 Å². The zero-order chi connectivity index (χ0) is 17.4. The van der Waals surface area contributed by atoms with E-state index in [-0.39, 0.29) is 0 Å². The standard InChI is InChI=1S/C19H23N5S/c1-13-20-14(12-23(2)3)11-18(21-13)24-10-6-8-16(24)19-22-15-7-4-5-9-17(15)25-19/h4-5,7,9,11,16H,6,8,10,12H2,1-3H3. The Bertz CT molecular complexity index is 855. The van der Waals surface area contributed by atoms with Gasteiger partial charge in [-0.05, 0) is 46.0 Å². The number of benzene rings is 1. The van der Waals surface area contributed by atoms with Crippen molar-refractivity contribution < 1.29 is 0 Å². The first-order valence-corrected chi connectivity index (χ1v) is 9.53. The number of para-hydroxylation sites is 1. The summed E-state index contributed by atoms with van der Waals surface area (Å²) in [6, 6.07) is 10.8. The monoisotopic (exact) mass is 353 g/mol. The number of fused-ring (bicyclic) bond motifs is 1. The van der Waals surface area contributed by atoms with Crippen molar-refractivity contribution >= 4 is 27.4 Å². The summed E-state index contributed by atoms with van der Waals surface area (Å²) >= 11 is 1.81. The molecule has 0 bridgehead atoms. The first-order valence-electron chi connectivity index (χ1n) is 8.71. The van der Waals surface area contributed by atoms with Gasteiger partial charge in [0, 0.05) is 19.2 Å². The lowest BCUT2D eigenvalue weighted by atomic mass is 10.2. The van der Waals surface area contributed by atoms with Crippen LogP contribution in [0.15, 0.2) is 30.3 Å². The van der Waals surface area contributed by atoms with Gasteiger partial charge in [-0.2, -0.15) is 0 Å². The molecule has 130 valence electrons. The normalized spacial score (nSPS) is 17.8. The summed E-state index contributed by atoms with van der Waals surface area (Å²) in [7, 11) is 4.13. The van der Waals surface area contributed by atoms with Crippen molar-refractivity contribution in [2.75, 3.05) is 25.5 Å². The van der Waals surface area contributed by atoms with Gasteiger partial charge in [-0.1, -0.05) is 12.1 Å². The van der Waals surface area contributed by atoms with E-state index >= 15 is 0 Å². The van der Waals surface area contributed by atoms with E-state index in [0.717, 1.165) is 42.4 Å². The minimum Gasteiger partial charge on any atom is -0.347 e. The third kappa shape index (κ3) is 3.37. The Labute approximate surface area is 152 Å². The van der Waals surface area contributed by atoms with E-state index in [1.807, 2.05) is 18.3 Å². The van der Waals surface area contributed by atoms with Crippen molar-refractivity contribution in [1.29, 1.82) is 0 Å². The van der Waals surface area contributed by atoms with Gasteiger partial charge in [-0.3, -0.25) is 0 Å². The second kappa shape index (κ2) is 6.69. The zero-order valence-electron chi connectivity index (χ0n) is 14.9. The molecule has 4 rings (SSSR count). The highest BCUT2D eigenvalue weighted by atomic mass is 32.1. The smallest absolute Gasteiger partial charge is 0.133 e. The molecular weight excluding hydrogens is 330 g/mol. The lowest BCUT2D eigenvalue weighted by Crippen LogP contribution is -2.24.